The zero-order valence-electron chi connectivity index (χ0n) is 10.9. The molecule has 9 heteroatoms. The molecule has 0 N–H and O–H groups in total. The lowest BCUT2D eigenvalue weighted by Gasteiger charge is -2.34. The molecule has 23 heavy (non-hydrogen) atoms. The molecular formula is C14H7F9. The first-order valence-corrected chi connectivity index (χ1v) is 6.02. The quantitative estimate of drug-likeness (QED) is 0.620. The molecule has 126 valence electrons. The highest BCUT2D eigenvalue weighted by Crippen LogP contribution is 2.57. The smallest absolute Gasteiger partial charge is 0.194 e. The fraction of sp³-hybridized carbons (Fsp3) is 0.286. The van der Waals surface area contributed by atoms with Crippen LogP contribution in [0.1, 0.15) is 5.56 Å². The van der Waals surface area contributed by atoms with Gasteiger partial charge in [-0.15, -0.1) is 0 Å². The van der Waals surface area contributed by atoms with E-state index < -0.39 is 34.9 Å². The van der Waals surface area contributed by atoms with Gasteiger partial charge in [-0.25, -0.2) is 0 Å². The summed E-state index contributed by atoms with van der Waals surface area (Å²) < 4.78 is 117. The maximum absolute atomic E-state index is 14.0. The Balaban J connectivity index is 2.69. The van der Waals surface area contributed by atoms with Crippen LogP contribution in [-0.2, 0) is 5.92 Å². The second kappa shape index (κ2) is 5.04. The normalized spacial score (nSPS) is 14.3. The highest BCUT2D eigenvalue weighted by Gasteiger charge is 2.82. The summed E-state index contributed by atoms with van der Waals surface area (Å²) in [5, 5.41) is -0.548. The number of hydrogen-bond acceptors (Lipinski definition) is 0. The zero-order chi connectivity index (χ0) is 17.7. The Morgan fingerprint density at radius 2 is 1.09 bits per heavy atom. The van der Waals surface area contributed by atoms with E-state index in [-0.39, 0.29) is 5.39 Å². The Hall–Kier alpha value is -1.93. The van der Waals surface area contributed by atoms with Crippen LogP contribution in [-0.4, -0.2) is 18.0 Å². The van der Waals surface area contributed by atoms with Crippen molar-refractivity contribution in [1.82, 2.24) is 0 Å². The van der Waals surface area contributed by atoms with Gasteiger partial charge in [0.1, 0.15) is 0 Å². The van der Waals surface area contributed by atoms with Crippen molar-refractivity contribution >= 4 is 10.8 Å². The summed E-state index contributed by atoms with van der Waals surface area (Å²) in [7, 11) is 0. The SMILES string of the molecule is FC(F)(F)C(F)(F)C(F)(F)C(F)(F)c1cccc2ccccc12. The van der Waals surface area contributed by atoms with Gasteiger partial charge in [-0.3, -0.25) is 0 Å². The maximum Gasteiger partial charge on any atom is 0.460 e. The lowest BCUT2D eigenvalue weighted by atomic mass is 9.92. The first-order valence-electron chi connectivity index (χ1n) is 6.02. The van der Waals surface area contributed by atoms with Crippen LogP contribution in [0.15, 0.2) is 42.5 Å². The van der Waals surface area contributed by atoms with Crippen molar-refractivity contribution < 1.29 is 39.5 Å². The Kier molecular flexibility index (Phi) is 3.82. The van der Waals surface area contributed by atoms with E-state index in [9.17, 15) is 39.5 Å². The van der Waals surface area contributed by atoms with Gasteiger partial charge in [0.15, 0.2) is 0 Å². The molecule has 0 nitrogen and oxygen atoms in total. The standard InChI is InChI=1S/C14H7F9/c15-11(16,12(17,18)13(19,20)14(21,22)23)10-7-3-5-8-4-1-2-6-9(8)10/h1-7H. The number of hydrogen-bond donors (Lipinski definition) is 0. The van der Waals surface area contributed by atoms with Crippen LogP contribution in [0.2, 0.25) is 0 Å². The van der Waals surface area contributed by atoms with Gasteiger partial charge < -0.3 is 0 Å². The first-order chi connectivity index (χ1) is 10.3. The van der Waals surface area contributed by atoms with Crippen molar-refractivity contribution in [1.29, 1.82) is 0 Å². The molecule has 2 rings (SSSR count). The molecule has 0 spiro atoms. The van der Waals surface area contributed by atoms with E-state index in [0.717, 1.165) is 12.1 Å². The minimum absolute atomic E-state index is 0.00389. The summed E-state index contributed by atoms with van der Waals surface area (Å²) in [5.74, 6) is -19.3. The number of halogens is 9. The third-order valence-electron chi connectivity index (χ3n) is 3.27. The second-order valence-electron chi connectivity index (χ2n) is 4.75. The van der Waals surface area contributed by atoms with Crippen LogP contribution in [0, 0.1) is 0 Å². The van der Waals surface area contributed by atoms with Gasteiger partial charge in [0.25, 0.3) is 0 Å². The lowest BCUT2D eigenvalue weighted by Crippen LogP contribution is -2.59. The predicted octanol–water partition coefficient (Wildman–Crippen LogP) is 5.76. The molecule has 0 aromatic heterocycles. The molecule has 0 fully saturated rings. The van der Waals surface area contributed by atoms with Crippen molar-refractivity contribution in [3.8, 4) is 0 Å². The first kappa shape index (κ1) is 17.4. The van der Waals surface area contributed by atoms with Crippen molar-refractivity contribution in [3.63, 3.8) is 0 Å². The third-order valence-corrected chi connectivity index (χ3v) is 3.27. The van der Waals surface area contributed by atoms with Crippen LogP contribution >= 0.6 is 0 Å². The highest BCUT2D eigenvalue weighted by atomic mass is 19.4. The average Bonchev–Trinajstić information content (AvgIpc) is 2.45. The van der Waals surface area contributed by atoms with Gasteiger partial charge in [-0.05, 0) is 10.8 Å². The van der Waals surface area contributed by atoms with Crippen LogP contribution in [0.4, 0.5) is 39.5 Å². The van der Waals surface area contributed by atoms with E-state index >= 15 is 0 Å². The van der Waals surface area contributed by atoms with E-state index in [1.54, 1.807) is 0 Å². The zero-order valence-corrected chi connectivity index (χ0v) is 10.9. The van der Waals surface area contributed by atoms with Crippen LogP contribution < -0.4 is 0 Å². The molecule has 0 aliphatic rings. The number of fused-ring (bicyclic) bond motifs is 1. The fourth-order valence-electron chi connectivity index (χ4n) is 2.04. The van der Waals surface area contributed by atoms with Crippen molar-refractivity contribution in [2.45, 2.75) is 23.9 Å². The molecule has 0 atom stereocenters. The van der Waals surface area contributed by atoms with E-state index in [2.05, 4.69) is 0 Å². The third kappa shape index (κ3) is 2.42. The van der Waals surface area contributed by atoms with Gasteiger partial charge >= 0.3 is 23.9 Å². The molecule has 0 heterocycles. The lowest BCUT2D eigenvalue weighted by molar-refractivity contribution is -0.399. The maximum atomic E-state index is 14.0. The van der Waals surface area contributed by atoms with Gasteiger partial charge in [0, 0.05) is 5.56 Å². The van der Waals surface area contributed by atoms with Crippen LogP contribution in [0.3, 0.4) is 0 Å². The number of alkyl halides is 9. The van der Waals surface area contributed by atoms with Gasteiger partial charge in [-0.2, -0.15) is 39.5 Å². The van der Waals surface area contributed by atoms with Crippen LogP contribution in [0.25, 0.3) is 10.8 Å². The van der Waals surface area contributed by atoms with E-state index in [1.165, 1.54) is 24.3 Å². The molecule has 0 saturated heterocycles. The molecule has 0 unspecified atom stereocenters. The monoisotopic (exact) mass is 346 g/mol. The predicted molar refractivity (Wildman–Crippen MR) is 63.8 cm³/mol. The Labute approximate surface area is 123 Å². The Morgan fingerprint density at radius 3 is 1.65 bits per heavy atom. The van der Waals surface area contributed by atoms with Gasteiger partial charge in [0.2, 0.25) is 0 Å². The molecule has 0 bridgehead atoms. The van der Waals surface area contributed by atoms with Crippen molar-refractivity contribution in [3.05, 3.63) is 48.0 Å². The second-order valence-corrected chi connectivity index (χ2v) is 4.75. The molecule has 0 radical (unpaired) electrons. The number of benzene rings is 2. The molecule has 0 amide bonds. The summed E-state index contributed by atoms with van der Waals surface area (Å²) in [6.45, 7) is 0. The Bertz CT molecular complexity index is 710. The number of rotatable bonds is 3. The summed E-state index contributed by atoms with van der Waals surface area (Å²) in [6.07, 6.45) is -6.83. The van der Waals surface area contributed by atoms with Gasteiger partial charge in [-0.1, -0.05) is 42.5 Å². The molecule has 0 saturated carbocycles. The molecular weight excluding hydrogens is 339 g/mol. The topological polar surface area (TPSA) is 0 Å². The molecule has 0 aliphatic carbocycles. The summed E-state index contributed by atoms with van der Waals surface area (Å²) in [4.78, 5) is 0. The minimum Gasteiger partial charge on any atom is -0.194 e. The van der Waals surface area contributed by atoms with Crippen LogP contribution in [0.5, 0.6) is 0 Å². The molecule has 0 aliphatic heterocycles. The largest absolute Gasteiger partial charge is 0.460 e. The van der Waals surface area contributed by atoms with Gasteiger partial charge in [0.05, 0.1) is 0 Å². The highest BCUT2D eigenvalue weighted by molar-refractivity contribution is 5.86. The average molecular weight is 346 g/mol. The van der Waals surface area contributed by atoms with E-state index in [4.69, 9.17) is 0 Å². The van der Waals surface area contributed by atoms with E-state index in [0.29, 0.717) is 6.07 Å². The summed E-state index contributed by atoms with van der Waals surface area (Å²) in [5.41, 5.74) is -1.61. The summed E-state index contributed by atoms with van der Waals surface area (Å²) >= 11 is 0. The Morgan fingerprint density at radius 1 is 0.565 bits per heavy atom. The fourth-order valence-corrected chi connectivity index (χ4v) is 2.04. The van der Waals surface area contributed by atoms with Crippen molar-refractivity contribution in [2.75, 3.05) is 0 Å². The van der Waals surface area contributed by atoms with E-state index in [1.807, 2.05) is 0 Å². The molecule has 2 aromatic rings. The minimum atomic E-state index is -6.90. The van der Waals surface area contributed by atoms with Crippen molar-refractivity contribution in [2.24, 2.45) is 0 Å². The molecule has 2 aromatic carbocycles. The summed E-state index contributed by atoms with van der Waals surface area (Å²) in [6, 6.07) is 7.19.